The number of nitrogens with zero attached hydrogens (tertiary/aromatic N) is 1. The lowest BCUT2D eigenvalue weighted by Gasteiger charge is -2.13. The number of fused-ring (bicyclic) bond motifs is 1. The van der Waals surface area contributed by atoms with Crippen molar-refractivity contribution in [3.05, 3.63) is 53.9 Å². The topological polar surface area (TPSA) is 88.3 Å². The second-order valence-electron chi connectivity index (χ2n) is 6.20. The number of aromatic amines is 1. The zero-order valence-electron chi connectivity index (χ0n) is 15.7. The van der Waals surface area contributed by atoms with Crippen molar-refractivity contribution in [3.63, 3.8) is 0 Å². The fraction of sp³-hybridized carbons (Fsp3) is 0.300. The second kappa shape index (κ2) is 8.44. The summed E-state index contributed by atoms with van der Waals surface area (Å²) in [4.78, 5) is 19.9. The molecule has 3 rings (SSSR count). The first-order chi connectivity index (χ1) is 13.1. The summed E-state index contributed by atoms with van der Waals surface area (Å²) < 4.78 is 10.5. The van der Waals surface area contributed by atoms with Gasteiger partial charge in [0, 0.05) is 6.54 Å². The average molecular weight is 368 g/mol. The number of benzene rings is 2. The highest BCUT2D eigenvalue weighted by molar-refractivity contribution is 5.76. The molecule has 0 spiro atoms. The van der Waals surface area contributed by atoms with Crippen LogP contribution in [0.25, 0.3) is 11.0 Å². The first kappa shape index (κ1) is 18.6. The lowest BCUT2D eigenvalue weighted by molar-refractivity contribution is 0.237. The highest BCUT2D eigenvalue weighted by Gasteiger charge is 2.13. The molecule has 0 saturated heterocycles. The number of nitrogens with one attached hydrogen (secondary N) is 3. The SMILES string of the molecule is COc1ccc(CCNC(=O)NC(C)c2nc3ccccc3[nH]2)cc1OC. The Morgan fingerprint density at radius 1 is 1.15 bits per heavy atom. The number of urea groups is 1. The smallest absolute Gasteiger partial charge is 0.315 e. The van der Waals surface area contributed by atoms with E-state index in [1.807, 2.05) is 49.4 Å². The third kappa shape index (κ3) is 4.49. The molecule has 1 atom stereocenters. The van der Waals surface area contributed by atoms with Crippen molar-refractivity contribution in [2.75, 3.05) is 20.8 Å². The number of amides is 2. The van der Waals surface area contributed by atoms with Crippen molar-refractivity contribution in [2.45, 2.75) is 19.4 Å². The van der Waals surface area contributed by atoms with E-state index in [9.17, 15) is 4.79 Å². The van der Waals surface area contributed by atoms with Crippen LogP contribution in [-0.4, -0.2) is 36.8 Å². The summed E-state index contributed by atoms with van der Waals surface area (Å²) in [5.41, 5.74) is 2.89. The summed E-state index contributed by atoms with van der Waals surface area (Å²) in [5.74, 6) is 2.09. The molecule has 0 bridgehead atoms. The maximum atomic E-state index is 12.1. The summed E-state index contributed by atoms with van der Waals surface area (Å²) in [6.07, 6.45) is 0.687. The minimum atomic E-state index is -0.233. The molecule has 1 heterocycles. The van der Waals surface area contributed by atoms with Crippen LogP contribution in [0.3, 0.4) is 0 Å². The predicted octanol–water partition coefficient (Wildman–Crippen LogP) is 3.18. The van der Waals surface area contributed by atoms with E-state index in [1.165, 1.54) is 0 Å². The second-order valence-corrected chi connectivity index (χ2v) is 6.20. The van der Waals surface area contributed by atoms with Crippen molar-refractivity contribution in [1.29, 1.82) is 0 Å². The van der Waals surface area contributed by atoms with E-state index in [-0.39, 0.29) is 12.1 Å². The lowest BCUT2D eigenvalue weighted by Crippen LogP contribution is -2.38. The van der Waals surface area contributed by atoms with E-state index < -0.39 is 0 Å². The van der Waals surface area contributed by atoms with Gasteiger partial charge < -0.3 is 25.1 Å². The Morgan fingerprint density at radius 3 is 2.67 bits per heavy atom. The summed E-state index contributed by atoms with van der Waals surface area (Å²) >= 11 is 0. The Hall–Kier alpha value is -3.22. The van der Waals surface area contributed by atoms with Gasteiger partial charge in [-0.15, -0.1) is 0 Å². The number of hydrogen-bond acceptors (Lipinski definition) is 4. The molecule has 1 aromatic heterocycles. The van der Waals surface area contributed by atoms with Crippen LogP contribution >= 0.6 is 0 Å². The first-order valence-corrected chi connectivity index (χ1v) is 8.80. The van der Waals surface area contributed by atoms with Gasteiger partial charge in [-0.1, -0.05) is 18.2 Å². The number of carbonyl (C=O) groups is 1. The minimum absolute atomic E-state index is 0.224. The van der Waals surface area contributed by atoms with Gasteiger partial charge in [-0.2, -0.15) is 0 Å². The number of rotatable bonds is 7. The molecular formula is C20H24N4O3. The molecule has 1 unspecified atom stereocenters. The number of ether oxygens (including phenoxy) is 2. The molecular weight excluding hydrogens is 344 g/mol. The van der Waals surface area contributed by atoms with Crippen molar-refractivity contribution >= 4 is 17.1 Å². The molecule has 0 fully saturated rings. The maximum absolute atomic E-state index is 12.1. The fourth-order valence-electron chi connectivity index (χ4n) is 2.85. The zero-order valence-corrected chi connectivity index (χ0v) is 15.7. The van der Waals surface area contributed by atoms with Crippen LogP contribution in [0, 0.1) is 0 Å². The normalized spacial score (nSPS) is 11.8. The van der Waals surface area contributed by atoms with Gasteiger partial charge in [0.15, 0.2) is 11.5 Å². The third-order valence-corrected chi connectivity index (χ3v) is 4.31. The molecule has 3 aromatic rings. The van der Waals surface area contributed by atoms with Crippen molar-refractivity contribution < 1.29 is 14.3 Å². The van der Waals surface area contributed by atoms with Crippen LogP contribution in [0.1, 0.15) is 24.4 Å². The molecule has 0 aliphatic carbocycles. The van der Waals surface area contributed by atoms with Crippen LogP contribution in [0.4, 0.5) is 4.79 Å². The lowest BCUT2D eigenvalue weighted by atomic mass is 10.1. The van der Waals surface area contributed by atoms with Crippen molar-refractivity contribution in [1.82, 2.24) is 20.6 Å². The molecule has 0 aliphatic rings. The molecule has 7 heteroatoms. The summed E-state index contributed by atoms with van der Waals surface area (Å²) in [6, 6.07) is 13.1. The number of hydrogen-bond donors (Lipinski definition) is 3. The van der Waals surface area contributed by atoms with Gasteiger partial charge in [-0.05, 0) is 43.2 Å². The van der Waals surface area contributed by atoms with Crippen LogP contribution < -0.4 is 20.1 Å². The number of imidazole rings is 1. The zero-order chi connectivity index (χ0) is 19.2. The van der Waals surface area contributed by atoms with Crippen LogP contribution in [0.15, 0.2) is 42.5 Å². The number of H-pyrrole nitrogens is 1. The van der Waals surface area contributed by atoms with Crippen molar-refractivity contribution in [3.8, 4) is 11.5 Å². The highest BCUT2D eigenvalue weighted by Crippen LogP contribution is 2.27. The number of para-hydroxylation sites is 2. The van der Waals surface area contributed by atoms with Crippen molar-refractivity contribution in [2.24, 2.45) is 0 Å². The standard InChI is InChI=1S/C20H24N4O3/c1-13(19-23-15-6-4-5-7-16(15)24-19)22-20(25)21-11-10-14-8-9-17(26-2)18(12-14)27-3/h4-9,12-13H,10-11H2,1-3H3,(H,23,24)(H2,21,22,25). The van der Waals surface area contributed by atoms with E-state index in [0.717, 1.165) is 22.4 Å². The van der Waals surface area contributed by atoms with E-state index in [4.69, 9.17) is 9.47 Å². The van der Waals surface area contributed by atoms with Gasteiger partial charge in [0.05, 0.1) is 31.3 Å². The number of carbonyl (C=O) groups excluding carboxylic acids is 1. The van der Waals surface area contributed by atoms with Gasteiger partial charge in [0.2, 0.25) is 0 Å². The quantitative estimate of drug-likeness (QED) is 0.598. The summed E-state index contributed by atoms with van der Waals surface area (Å²) in [7, 11) is 3.21. The largest absolute Gasteiger partial charge is 0.493 e. The number of aromatic nitrogens is 2. The summed E-state index contributed by atoms with van der Waals surface area (Å²) in [6.45, 7) is 2.40. The molecule has 2 aromatic carbocycles. The van der Waals surface area contributed by atoms with E-state index in [1.54, 1.807) is 14.2 Å². The first-order valence-electron chi connectivity index (χ1n) is 8.80. The van der Waals surface area contributed by atoms with Gasteiger partial charge in [0.25, 0.3) is 0 Å². The van der Waals surface area contributed by atoms with E-state index in [0.29, 0.717) is 24.5 Å². The molecule has 3 N–H and O–H groups in total. The predicted molar refractivity (Wildman–Crippen MR) is 104 cm³/mol. The average Bonchev–Trinajstić information content (AvgIpc) is 3.12. The van der Waals surface area contributed by atoms with E-state index >= 15 is 0 Å². The van der Waals surface area contributed by atoms with Crippen LogP contribution in [0.5, 0.6) is 11.5 Å². The minimum Gasteiger partial charge on any atom is -0.493 e. The monoisotopic (exact) mass is 368 g/mol. The Morgan fingerprint density at radius 2 is 1.93 bits per heavy atom. The summed E-state index contributed by atoms with van der Waals surface area (Å²) in [5, 5.41) is 5.76. The van der Waals surface area contributed by atoms with Gasteiger partial charge in [-0.25, -0.2) is 9.78 Å². The molecule has 142 valence electrons. The van der Waals surface area contributed by atoms with Crippen LogP contribution in [-0.2, 0) is 6.42 Å². The van der Waals surface area contributed by atoms with Crippen LogP contribution in [0.2, 0.25) is 0 Å². The Labute approximate surface area is 158 Å². The molecule has 0 aliphatic heterocycles. The fourth-order valence-corrected chi connectivity index (χ4v) is 2.85. The molecule has 27 heavy (non-hydrogen) atoms. The van der Waals surface area contributed by atoms with Gasteiger partial charge in [-0.3, -0.25) is 0 Å². The number of methoxy groups -OCH3 is 2. The Kier molecular flexibility index (Phi) is 5.80. The molecule has 0 saturated carbocycles. The third-order valence-electron chi connectivity index (χ3n) is 4.31. The molecule has 2 amide bonds. The Bertz CT molecular complexity index is 889. The maximum Gasteiger partial charge on any atom is 0.315 e. The van der Waals surface area contributed by atoms with Gasteiger partial charge in [0.1, 0.15) is 5.82 Å². The van der Waals surface area contributed by atoms with Gasteiger partial charge >= 0.3 is 6.03 Å². The van der Waals surface area contributed by atoms with E-state index in [2.05, 4.69) is 20.6 Å². The molecule has 7 nitrogen and oxygen atoms in total. The highest BCUT2D eigenvalue weighted by atomic mass is 16.5. The molecule has 0 radical (unpaired) electrons. The Balaban J connectivity index is 1.50.